The summed E-state index contributed by atoms with van der Waals surface area (Å²) in [5.41, 5.74) is 1.03. The lowest BCUT2D eigenvalue weighted by molar-refractivity contribution is -0.150. The van der Waals surface area contributed by atoms with Crippen LogP contribution in [0.2, 0.25) is 0 Å². The molecule has 1 unspecified atom stereocenters. The van der Waals surface area contributed by atoms with Crippen LogP contribution in [-0.4, -0.2) is 24.7 Å². The molecule has 0 radical (unpaired) electrons. The van der Waals surface area contributed by atoms with Crippen molar-refractivity contribution in [1.82, 2.24) is 5.32 Å². The van der Waals surface area contributed by atoms with Crippen LogP contribution in [0.15, 0.2) is 24.3 Å². The molecule has 0 amide bonds. The van der Waals surface area contributed by atoms with E-state index in [9.17, 15) is 4.79 Å². The standard InChI is InChI=1S/C15H23NO3/c1-5-18-15(17)12(4)19-14-9-7-6-8-13(14)10-16-11(2)3/h6-9,11-12,16H,5,10H2,1-4H3. The highest BCUT2D eigenvalue weighted by Crippen LogP contribution is 2.19. The van der Waals surface area contributed by atoms with Crippen molar-refractivity contribution in [3.63, 3.8) is 0 Å². The fraction of sp³-hybridized carbons (Fsp3) is 0.533. The average molecular weight is 265 g/mol. The Labute approximate surface area is 115 Å². The van der Waals surface area contributed by atoms with Crippen LogP contribution in [0, 0.1) is 0 Å². The summed E-state index contributed by atoms with van der Waals surface area (Å²) in [7, 11) is 0. The summed E-state index contributed by atoms with van der Waals surface area (Å²) >= 11 is 0. The Kier molecular flexibility index (Phi) is 6.36. The van der Waals surface area contributed by atoms with E-state index in [-0.39, 0.29) is 5.97 Å². The molecule has 1 aromatic carbocycles. The maximum absolute atomic E-state index is 11.6. The quantitative estimate of drug-likeness (QED) is 0.770. The van der Waals surface area contributed by atoms with E-state index in [2.05, 4.69) is 19.2 Å². The van der Waals surface area contributed by atoms with Crippen LogP contribution >= 0.6 is 0 Å². The molecule has 0 aliphatic rings. The fourth-order valence-corrected chi connectivity index (χ4v) is 1.58. The van der Waals surface area contributed by atoms with E-state index >= 15 is 0 Å². The van der Waals surface area contributed by atoms with E-state index in [4.69, 9.17) is 9.47 Å². The summed E-state index contributed by atoms with van der Waals surface area (Å²) < 4.78 is 10.6. The summed E-state index contributed by atoms with van der Waals surface area (Å²) in [5.74, 6) is 0.380. The van der Waals surface area contributed by atoms with E-state index in [1.807, 2.05) is 24.3 Å². The van der Waals surface area contributed by atoms with Crippen LogP contribution in [0.4, 0.5) is 0 Å². The van der Waals surface area contributed by atoms with Gasteiger partial charge in [-0.05, 0) is 19.9 Å². The Morgan fingerprint density at radius 3 is 2.58 bits per heavy atom. The first-order valence-corrected chi connectivity index (χ1v) is 6.69. The maximum atomic E-state index is 11.6. The van der Waals surface area contributed by atoms with Crippen molar-refractivity contribution in [2.75, 3.05) is 6.61 Å². The Bertz CT molecular complexity index is 404. The van der Waals surface area contributed by atoms with Crippen LogP contribution in [0.25, 0.3) is 0 Å². The minimum atomic E-state index is -0.597. The normalized spacial score (nSPS) is 12.3. The topological polar surface area (TPSA) is 47.6 Å². The number of carbonyl (C=O) groups is 1. The SMILES string of the molecule is CCOC(=O)C(C)Oc1ccccc1CNC(C)C. The summed E-state index contributed by atoms with van der Waals surface area (Å²) in [6.07, 6.45) is -0.597. The van der Waals surface area contributed by atoms with Crippen LogP contribution in [-0.2, 0) is 16.1 Å². The zero-order valence-corrected chi connectivity index (χ0v) is 12.1. The van der Waals surface area contributed by atoms with Gasteiger partial charge in [-0.1, -0.05) is 32.0 Å². The first kappa shape index (κ1) is 15.5. The Morgan fingerprint density at radius 2 is 1.95 bits per heavy atom. The van der Waals surface area contributed by atoms with Crippen molar-refractivity contribution < 1.29 is 14.3 Å². The van der Waals surface area contributed by atoms with Gasteiger partial charge < -0.3 is 14.8 Å². The highest BCUT2D eigenvalue weighted by atomic mass is 16.6. The van der Waals surface area contributed by atoms with Crippen LogP contribution in [0.3, 0.4) is 0 Å². The second-order valence-corrected chi connectivity index (χ2v) is 4.66. The van der Waals surface area contributed by atoms with Crippen molar-refractivity contribution in [1.29, 1.82) is 0 Å². The van der Waals surface area contributed by atoms with Gasteiger partial charge in [0.1, 0.15) is 5.75 Å². The molecule has 0 aromatic heterocycles. The predicted molar refractivity (Wildman–Crippen MR) is 75.1 cm³/mol. The molecular weight excluding hydrogens is 242 g/mol. The number of hydrogen-bond donors (Lipinski definition) is 1. The minimum Gasteiger partial charge on any atom is -0.479 e. The molecule has 0 heterocycles. The minimum absolute atomic E-state index is 0.339. The number of rotatable bonds is 7. The molecule has 4 heteroatoms. The van der Waals surface area contributed by atoms with E-state index in [0.29, 0.717) is 19.2 Å². The first-order chi connectivity index (χ1) is 9.04. The van der Waals surface area contributed by atoms with E-state index in [1.54, 1.807) is 13.8 Å². The van der Waals surface area contributed by atoms with Crippen LogP contribution in [0.5, 0.6) is 5.75 Å². The summed E-state index contributed by atoms with van der Waals surface area (Å²) in [4.78, 5) is 11.6. The molecule has 1 N–H and O–H groups in total. The third-order valence-electron chi connectivity index (χ3n) is 2.60. The lowest BCUT2D eigenvalue weighted by Gasteiger charge is -2.17. The maximum Gasteiger partial charge on any atom is 0.347 e. The third kappa shape index (κ3) is 5.30. The number of esters is 1. The van der Waals surface area contributed by atoms with Gasteiger partial charge in [0.25, 0.3) is 0 Å². The zero-order valence-electron chi connectivity index (χ0n) is 12.1. The van der Waals surface area contributed by atoms with Gasteiger partial charge in [-0.15, -0.1) is 0 Å². The zero-order chi connectivity index (χ0) is 14.3. The second kappa shape index (κ2) is 7.79. The molecule has 0 bridgehead atoms. The summed E-state index contributed by atoms with van der Waals surface area (Å²) in [6.45, 7) is 8.73. The molecule has 1 rings (SSSR count). The van der Waals surface area contributed by atoms with Crippen molar-refractivity contribution in [2.45, 2.75) is 46.4 Å². The number of ether oxygens (including phenoxy) is 2. The first-order valence-electron chi connectivity index (χ1n) is 6.69. The van der Waals surface area contributed by atoms with Gasteiger partial charge in [-0.25, -0.2) is 4.79 Å². The lowest BCUT2D eigenvalue weighted by atomic mass is 10.2. The van der Waals surface area contributed by atoms with Gasteiger partial charge in [-0.3, -0.25) is 0 Å². The van der Waals surface area contributed by atoms with Crippen molar-refractivity contribution >= 4 is 5.97 Å². The molecular formula is C15H23NO3. The number of hydrogen-bond acceptors (Lipinski definition) is 4. The number of benzene rings is 1. The molecule has 0 saturated carbocycles. The van der Waals surface area contributed by atoms with Gasteiger partial charge in [0, 0.05) is 18.2 Å². The molecule has 0 spiro atoms. The number of nitrogens with one attached hydrogen (secondary N) is 1. The lowest BCUT2D eigenvalue weighted by Crippen LogP contribution is -2.27. The molecule has 0 fully saturated rings. The molecule has 0 aliphatic carbocycles. The Hall–Kier alpha value is -1.55. The van der Waals surface area contributed by atoms with Crippen molar-refractivity contribution in [3.05, 3.63) is 29.8 Å². The van der Waals surface area contributed by atoms with Crippen molar-refractivity contribution in [3.8, 4) is 5.75 Å². The molecule has 0 aliphatic heterocycles. The largest absolute Gasteiger partial charge is 0.479 e. The Balaban J connectivity index is 2.69. The van der Waals surface area contributed by atoms with Gasteiger partial charge >= 0.3 is 5.97 Å². The molecule has 4 nitrogen and oxygen atoms in total. The third-order valence-corrected chi connectivity index (χ3v) is 2.60. The summed E-state index contributed by atoms with van der Waals surface area (Å²) in [5, 5.41) is 3.33. The van der Waals surface area contributed by atoms with E-state index in [1.165, 1.54) is 0 Å². The van der Waals surface area contributed by atoms with Crippen molar-refractivity contribution in [2.24, 2.45) is 0 Å². The fourth-order valence-electron chi connectivity index (χ4n) is 1.58. The average Bonchev–Trinajstić information content (AvgIpc) is 2.37. The smallest absolute Gasteiger partial charge is 0.347 e. The van der Waals surface area contributed by atoms with Gasteiger partial charge in [0.2, 0.25) is 0 Å². The van der Waals surface area contributed by atoms with Gasteiger partial charge in [0.05, 0.1) is 6.61 Å². The number of carbonyl (C=O) groups excluding carboxylic acids is 1. The second-order valence-electron chi connectivity index (χ2n) is 4.66. The molecule has 1 aromatic rings. The molecule has 19 heavy (non-hydrogen) atoms. The highest BCUT2D eigenvalue weighted by molar-refractivity contribution is 5.74. The van der Waals surface area contributed by atoms with Gasteiger partial charge in [0.15, 0.2) is 6.10 Å². The predicted octanol–water partition coefficient (Wildman–Crippen LogP) is 2.52. The van der Waals surface area contributed by atoms with Crippen LogP contribution in [0.1, 0.15) is 33.3 Å². The molecule has 1 atom stereocenters. The molecule has 0 saturated heterocycles. The Morgan fingerprint density at radius 1 is 1.26 bits per heavy atom. The summed E-state index contributed by atoms with van der Waals surface area (Å²) in [6, 6.07) is 8.11. The highest BCUT2D eigenvalue weighted by Gasteiger charge is 2.17. The monoisotopic (exact) mass is 265 g/mol. The van der Waals surface area contributed by atoms with Crippen LogP contribution < -0.4 is 10.1 Å². The van der Waals surface area contributed by atoms with Gasteiger partial charge in [-0.2, -0.15) is 0 Å². The number of para-hydroxylation sites is 1. The molecule has 106 valence electrons. The van der Waals surface area contributed by atoms with E-state index in [0.717, 1.165) is 11.3 Å². The van der Waals surface area contributed by atoms with E-state index < -0.39 is 6.10 Å².